The van der Waals surface area contributed by atoms with E-state index in [1.54, 1.807) is 0 Å². The van der Waals surface area contributed by atoms with Crippen molar-refractivity contribution in [2.45, 2.75) is 39.8 Å². The minimum absolute atomic E-state index is 0.264. The van der Waals surface area contributed by atoms with Gasteiger partial charge in [0.2, 0.25) is 7.44 Å². The highest BCUT2D eigenvalue weighted by molar-refractivity contribution is 14.1. The highest BCUT2D eigenvalue weighted by atomic mass is 127. The molecule has 0 aromatic rings. The SMILES string of the molecule is CC(C)NP(=O)(CCI)NC(C)C. The summed E-state index contributed by atoms with van der Waals surface area (Å²) in [4.78, 5) is 0. The third-order valence-electron chi connectivity index (χ3n) is 1.33. The van der Waals surface area contributed by atoms with Gasteiger partial charge in [0.05, 0.1) is 0 Å². The number of alkyl halides is 1. The summed E-state index contributed by atoms with van der Waals surface area (Å²) in [7, 11) is -2.34. The Morgan fingerprint density at radius 2 is 1.54 bits per heavy atom. The third-order valence-corrected chi connectivity index (χ3v) is 5.45. The third kappa shape index (κ3) is 6.89. The normalized spacial score (nSPS) is 12.8. The van der Waals surface area contributed by atoms with Crippen LogP contribution in [0.1, 0.15) is 27.7 Å². The van der Waals surface area contributed by atoms with Gasteiger partial charge in [-0.1, -0.05) is 22.6 Å². The molecule has 0 spiro atoms. The lowest BCUT2D eigenvalue weighted by molar-refractivity contribution is 0.536. The van der Waals surface area contributed by atoms with Crippen LogP contribution in [-0.2, 0) is 4.57 Å². The smallest absolute Gasteiger partial charge is 0.212 e. The largest absolute Gasteiger partial charge is 0.289 e. The maximum Gasteiger partial charge on any atom is 0.212 e. The molecular formula is C8H20IN2OP. The van der Waals surface area contributed by atoms with E-state index in [-0.39, 0.29) is 12.1 Å². The molecule has 0 heterocycles. The van der Waals surface area contributed by atoms with Gasteiger partial charge in [-0.25, -0.2) is 0 Å². The van der Waals surface area contributed by atoms with Crippen LogP contribution in [0, 0.1) is 0 Å². The summed E-state index contributed by atoms with van der Waals surface area (Å²) in [5, 5.41) is 6.26. The Morgan fingerprint density at radius 1 is 1.15 bits per heavy atom. The van der Waals surface area contributed by atoms with E-state index in [0.717, 1.165) is 4.43 Å². The van der Waals surface area contributed by atoms with Crippen molar-refractivity contribution in [3.8, 4) is 0 Å². The summed E-state index contributed by atoms with van der Waals surface area (Å²) in [6.45, 7) is 8.06. The number of nitrogens with one attached hydrogen (secondary N) is 2. The Hall–Kier alpha value is 0.880. The molecule has 0 rings (SSSR count). The van der Waals surface area contributed by atoms with Gasteiger partial charge in [0.25, 0.3) is 0 Å². The van der Waals surface area contributed by atoms with Crippen molar-refractivity contribution in [2.75, 3.05) is 10.6 Å². The molecule has 0 fully saturated rings. The fourth-order valence-electron chi connectivity index (χ4n) is 1.12. The predicted octanol–water partition coefficient (Wildman–Crippen LogP) is 2.61. The Kier molecular flexibility index (Phi) is 6.81. The van der Waals surface area contributed by atoms with E-state index < -0.39 is 7.44 Å². The van der Waals surface area contributed by atoms with E-state index in [0.29, 0.717) is 6.16 Å². The van der Waals surface area contributed by atoms with Crippen LogP contribution in [0.25, 0.3) is 0 Å². The molecule has 0 unspecified atom stereocenters. The molecule has 0 bridgehead atoms. The van der Waals surface area contributed by atoms with Crippen LogP contribution in [0.5, 0.6) is 0 Å². The molecule has 2 N–H and O–H groups in total. The number of hydrogen-bond acceptors (Lipinski definition) is 1. The van der Waals surface area contributed by atoms with Crippen molar-refractivity contribution in [3.05, 3.63) is 0 Å². The molecule has 0 aromatic carbocycles. The molecule has 0 aromatic heterocycles. The molecule has 0 saturated carbocycles. The molecule has 0 radical (unpaired) electrons. The molecule has 0 saturated heterocycles. The van der Waals surface area contributed by atoms with Crippen molar-refractivity contribution in [3.63, 3.8) is 0 Å². The molecule has 3 nitrogen and oxygen atoms in total. The van der Waals surface area contributed by atoms with Gasteiger partial charge in [-0.3, -0.25) is 14.7 Å². The van der Waals surface area contributed by atoms with Gasteiger partial charge in [-0.2, -0.15) is 0 Å². The minimum Gasteiger partial charge on any atom is -0.289 e. The van der Waals surface area contributed by atoms with Gasteiger partial charge in [-0.05, 0) is 27.7 Å². The Bertz CT molecular complexity index is 171. The van der Waals surface area contributed by atoms with Gasteiger partial charge in [0.15, 0.2) is 0 Å². The second-order valence-corrected chi connectivity index (χ2v) is 7.24. The van der Waals surface area contributed by atoms with E-state index in [2.05, 4.69) is 32.8 Å². The van der Waals surface area contributed by atoms with Crippen LogP contribution in [0.15, 0.2) is 0 Å². The van der Waals surface area contributed by atoms with Crippen LogP contribution in [-0.4, -0.2) is 22.7 Å². The minimum atomic E-state index is -2.34. The average Bonchev–Trinajstić information content (AvgIpc) is 1.81. The molecule has 0 aliphatic carbocycles. The summed E-state index contributed by atoms with van der Waals surface area (Å²) in [5.74, 6) is 0. The topological polar surface area (TPSA) is 41.1 Å². The summed E-state index contributed by atoms with van der Waals surface area (Å²) < 4.78 is 13.1. The first-order valence-corrected chi connectivity index (χ1v) is 8.02. The zero-order valence-electron chi connectivity index (χ0n) is 8.80. The maximum atomic E-state index is 12.2. The van der Waals surface area contributed by atoms with Gasteiger partial charge in [0.1, 0.15) is 0 Å². The van der Waals surface area contributed by atoms with Gasteiger partial charge in [0, 0.05) is 22.7 Å². The Balaban J connectivity index is 4.25. The predicted molar refractivity (Wildman–Crippen MR) is 67.9 cm³/mol. The van der Waals surface area contributed by atoms with Crippen LogP contribution in [0.3, 0.4) is 0 Å². The first-order chi connectivity index (χ1) is 5.89. The lowest BCUT2D eigenvalue weighted by Crippen LogP contribution is -2.33. The Labute approximate surface area is 95.1 Å². The summed E-state index contributed by atoms with van der Waals surface area (Å²) in [6, 6.07) is 0.528. The molecule has 0 atom stereocenters. The summed E-state index contributed by atoms with van der Waals surface area (Å²) in [5.41, 5.74) is 0. The van der Waals surface area contributed by atoms with Crippen molar-refractivity contribution in [1.82, 2.24) is 10.2 Å². The average molecular weight is 318 g/mol. The highest BCUT2D eigenvalue weighted by Crippen LogP contribution is 2.37. The van der Waals surface area contributed by atoms with Crippen molar-refractivity contribution in [1.29, 1.82) is 0 Å². The molecule has 0 aliphatic heterocycles. The maximum absolute atomic E-state index is 12.2. The highest BCUT2D eigenvalue weighted by Gasteiger charge is 2.22. The fourth-order valence-corrected chi connectivity index (χ4v) is 5.40. The van der Waals surface area contributed by atoms with Crippen LogP contribution >= 0.6 is 30.0 Å². The molecule has 80 valence electrons. The molecule has 0 aliphatic rings. The van der Waals surface area contributed by atoms with E-state index in [9.17, 15) is 4.57 Å². The second kappa shape index (κ2) is 6.38. The number of halogens is 1. The van der Waals surface area contributed by atoms with Crippen molar-refractivity contribution >= 4 is 30.0 Å². The van der Waals surface area contributed by atoms with Crippen molar-refractivity contribution < 1.29 is 4.57 Å². The van der Waals surface area contributed by atoms with Gasteiger partial charge < -0.3 is 0 Å². The van der Waals surface area contributed by atoms with Crippen LogP contribution < -0.4 is 10.2 Å². The lowest BCUT2D eigenvalue weighted by atomic mass is 10.4. The zero-order chi connectivity index (χ0) is 10.5. The number of hydrogen-bond donors (Lipinski definition) is 2. The zero-order valence-corrected chi connectivity index (χ0v) is 11.9. The van der Waals surface area contributed by atoms with E-state index in [4.69, 9.17) is 0 Å². The molecule has 13 heavy (non-hydrogen) atoms. The first-order valence-electron chi connectivity index (χ1n) is 4.60. The first kappa shape index (κ1) is 13.9. The lowest BCUT2D eigenvalue weighted by Gasteiger charge is -2.24. The van der Waals surface area contributed by atoms with E-state index in [1.165, 1.54) is 0 Å². The monoisotopic (exact) mass is 318 g/mol. The second-order valence-electron chi connectivity index (χ2n) is 3.72. The fraction of sp³-hybridized carbons (Fsp3) is 1.00. The van der Waals surface area contributed by atoms with Gasteiger partial charge >= 0.3 is 0 Å². The Morgan fingerprint density at radius 3 is 1.77 bits per heavy atom. The van der Waals surface area contributed by atoms with Crippen LogP contribution in [0.4, 0.5) is 0 Å². The molecular weight excluding hydrogens is 298 g/mol. The summed E-state index contributed by atoms with van der Waals surface area (Å²) >= 11 is 2.25. The van der Waals surface area contributed by atoms with Gasteiger partial charge in [-0.15, -0.1) is 0 Å². The summed E-state index contributed by atoms with van der Waals surface area (Å²) in [6.07, 6.45) is 0.712. The van der Waals surface area contributed by atoms with Crippen LogP contribution in [0.2, 0.25) is 0 Å². The number of rotatable bonds is 6. The molecule has 5 heteroatoms. The molecule has 0 amide bonds. The standard InChI is InChI=1S/C8H20IN2OP/c1-7(2)10-13(12,6-5-9)11-8(3)4/h7-8H,5-6H2,1-4H3,(H2,10,11,12). The van der Waals surface area contributed by atoms with Crippen molar-refractivity contribution in [2.24, 2.45) is 0 Å². The van der Waals surface area contributed by atoms with E-state index in [1.807, 2.05) is 27.7 Å². The van der Waals surface area contributed by atoms with E-state index >= 15 is 0 Å². The quantitative estimate of drug-likeness (QED) is 0.449.